The first kappa shape index (κ1) is 52.3. The number of anilines is 2. The lowest BCUT2D eigenvalue weighted by atomic mass is 10.0. The maximum Gasteiger partial charge on any atom is 0.414 e. The first-order valence-corrected chi connectivity index (χ1v) is 25.8. The molecule has 3 heterocycles. The van der Waals surface area contributed by atoms with Crippen LogP contribution < -0.4 is 20.4 Å². The van der Waals surface area contributed by atoms with E-state index in [1.807, 2.05) is 73.7 Å². The van der Waals surface area contributed by atoms with Gasteiger partial charge in [-0.1, -0.05) is 72.8 Å². The first-order chi connectivity index (χ1) is 35.6. The van der Waals surface area contributed by atoms with Crippen molar-refractivity contribution < 1.29 is 50.8 Å². The van der Waals surface area contributed by atoms with Crippen molar-refractivity contribution in [1.82, 2.24) is 20.4 Å². The van der Waals surface area contributed by atoms with Gasteiger partial charge in [0.05, 0.1) is 32.4 Å². The molecule has 3 saturated heterocycles. The summed E-state index contributed by atoms with van der Waals surface area (Å²) >= 11 is 0. The highest BCUT2D eigenvalue weighted by molar-refractivity contribution is 7.86. The van der Waals surface area contributed by atoms with E-state index in [2.05, 4.69) is 20.4 Å². The molecule has 2 unspecified atom stereocenters. The Hall–Kier alpha value is -8.04. The minimum absolute atomic E-state index is 0.0160. The minimum atomic E-state index is -3.64. The molecule has 19 nitrogen and oxygen atoms in total. The fourth-order valence-corrected chi connectivity index (χ4v) is 9.18. The van der Waals surface area contributed by atoms with Crippen molar-refractivity contribution in [2.75, 3.05) is 81.6 Å². The zero-order chi connectivity index (χ0) is 52.4. The zero-order valence-electron chi connectivity index (χ0n) is 40.8. The molecule has 2 atom stereocenters. The molecule has 0 aromatic heterocycles. The molecule has 4 N–H and O–H groups in total. The van der Waals surface area contributed by atoms with E-state index in [4.69, 9.17) is 29.2 Å². The lowest BCUT2D eigenvalue weighted by molar-refractivity contribution is -0.143. The third kappa shape index (κ3) is 13.3. The van der Waals surface area contributed by atoms with Gasteiger partial charge in [-0.05, 0) is 89.1 Å². The Labute approximate surface area is 428 Å². The van der Waals surface area contributed by atoms with E-state index in [0.29, 0.717) is 66.3 Å². The van der Waals surface area contributed by atoms with Gasteiger partial charge in [-0.2, -0.15) is 8.42 Å². The average molecular weight is 1030 g/mol. The Morgan fingerprint density at radius 1 is 0.622 bits per heavy atom. The van der Waals surface area contributed by atoms with Crippen LogP contribution in [0.1, 0.15) is 45.2 Å². The van der Waals surface area contributed by atoms with Gasteiger partial charge in [-0.15, -0.1) is 0 Å². The van der Waals surface area contributed by atoms with E-state index < -0.39 is 34.3 Å². The number of fused-ring (bicyclic) bond motifs is 2. The van der Waals surface area contributed by atoms with Crippen LogP contribution in [0.15, 0.2) is 133 Å². The zero-order valence-corrected chi connectivity index (χ0v) is 41.6. The van der Waals surface area contributed by atoms with Gasteiger partial charge < -0.3 is 29.7 Å². The Kier molecular flexibility index (Phi) is 16.7. The van der Waals surface area contributed by atoms with Gasteiger partial charge in [0, 0.05) is 72.9 Å². The van der Waals surface area contributed by atoms with Crippen LogP contribution in [0.4, 0.5) is 21.0 Å². The SMILES string of the molecule is CCOC(=O)CCN1CCN(CC2CN(c3ccc(C(=N)NC(=O)c4cccc5ccccc45)cc3)C(=O)O2)CC1.CS(=O)(=O)OCC1CN(c2ccc(C(=N)NC(=O)c3cccc4ccccc34)cc2)C(=O)O1. The van der Waals surface area contributed by atoms with Crippen LogP contribution in [-0.4, -0.2) is 144 Å². The summed E-state index contributed by atoms with van der Waals surface area (Å²) in [5.41, 5.74) is 3.16. The highest BCUT2D eigenvalue weighted by Gasteiger charge is 2.35. The summed E-state index contributed by atoms with van der Waals surface area (Å²) in [7, 11) is -3.64. The molecule has 0 bridgehead atoms. The van der Waals surface area contributed by atoms with Crippen LogP contribution in [0, 0.1) is 10.8 Å². The van der Waals surface area contributed by atoms with Crippen molar-refractivity contribution in [2.45, 2.75) is 25.6 Å². The number of ether oxygens (including phenoxy) is 3. The quantitative estimate of drug-likeness (QED) is 0.0287. The Morgan fingerprint density at radius 3 is 1.55 bits per heavy atom. The van der Waals surface area contributed by atoms with Gasteiger partial charge in [0.1, 0.15) is 30.5 Å². The average Bonchev–Trinajstić information content (AvgIpc) is 3.97. The molecule has 0 spiro atoms. The molecular weight excluding hydrogens is 969 g/mol. The van der Waals surface area contributed by atoms with Gasteiger partial charge in [0.25, 0.3) is 21.9 Å². The normalized spacial score (nSPS) is 17.0. The first-order valence-electron chi connectivity index (χ1n) is 24.0. The lowest BCUT2D eigenvalue weighted by Crippen LogP contribution is -2.49. The monoisotopic (exact) mass is 1020 g/mol. The van der Waals surface area contributed by atoms with E-state index in [-0.39, 0.29) is 42.8 Å². The van der Waals surface area contributed by atoms with Crippen molar-refractivity contribution in [3.8, 4) is 0 Å². The predicted molar refractivity (Wildman–Crippen MR) is 280 cm³/mol. The van der Waals surface area contributed by atoms with Crippen molar-refractivity contribution in [3.63, 3.8) is 0 Å². The number of esters is 1. The number of benzene rings is 6. The van der Waals surface area contributed by atoms with E-state index in [1.165, 1.54) is 4.90 Å². The number of piperazine rings is 1. The molecule has 20 heteroatoms. The maximum atomic E-state index is 12.9. The van der Waals surface area contributed by atoms with Crippen molar-refractivity contribution >= 4 is 84.7 Å². The number of hydrogen-bond donors (Lipinski definition) is 4. The fourth-order valence-electron chi connectivity index (χ4n) is 8.78. The summed E-state index contributed by atoms with van der Waals surface area (Å²) < 4.78 is 42.7. The largest absolute Gasteiger partial charge is 0.466 e. The molecule has 6 aromatic carbocycles. The van der Waals surface area contributed by atoms with E-state index in [1.54, 1.807) is 71.6 Å². The van der Waals surface area contributed by atoms with Crippen molar-refractivity contribution in [1.29, 1.82) is 10.8 Å². The molecule has 0 aliphatic carbocycles. The van der Waals surface area contributed by atoms with E-state index >= 15 is 0 Å². The molecule has 4 amide bonds. The second-order valence-electron chi connectivity index (χ2n) is 17.7. The second kappa shape index (κ2) is 23.7. The standard InChI is InChI=1S/C31H35N5O5.C23H21N3O6S/c1-2-40-28(37)14-15-34-16-18-35(19-17-34)20-25-21-36(31(39)41-25)24-12-10-23(11-13-24)29(32)33-30(38)27-9-5-7-22-6-3-4-8-26(22)27;1-33(29,30)31-14-18-13-26(23(28)32-18)17-11-9-16(10-12-17)21(24)25-22(27)20-8-4-6-15-5-2-3-7-19(15)20/h3-13,25H,2,14-21H2,1H3,(H2,32,33,38);2-12,18H,13-14H2,1H3,(H2,24,25,27). The highest BCUT2D eigenvalue weighted by Crippen LogP contribution is 2.26. The smallest absolute Gasteiger partial charge is 0.414 e. The van der Waals surface area contributed by atoms with Gasteiger partial charge in [0.2, 0.25) is 0 Å². The Bertz CT molecular complexity index is 3170. The summed E-state index contributed by atoms with van der Waals surface area (Å²) in [6.45, 7) is 7.27. The van der Waals surface area contributed by atoms with Gasteiger partial charge in [-0.25, -0.2) is 9.59 Å². The van der Waals surface area contributed by atoms with Crippen LogP contribution in [0.2, 0.25) is 0 Å². The van der Waals surface area contributed by atoms with E-state index in [9.17, 15) is 32.4 Å². The summed E-state index contributed by atoms with van der Waals surface area (Å²) in [5.74, 6) is -0.997. The molecular formula is C54H56N8O11S. The van der Waals surface area contributed by atoms with Crippen molar-refractivity contribution in [2.24, 2.45) is 0 Å². The number of carbonyl (C=O) groups is 5. The molecule has 384 valence electrons. The number of amidine groups is 2. The van der Waals surface area contributed by atoms with Crippen LogP contribution in [0.25, 0.3) is 21.5 Å². The number of rotatable bonds is 15. The molecule has 9 rings (SSSR count). The molecule has 0 radical (unpaired) electrons. The number of amides is 4. The van der Waals surface area contributed by atoms with Gasteiger partial charge in [0.15, 0.2) is 0 Å². The summed E-state index contributed by atoms with van der Waals surface area (Å²) in [5, 5.41) is 25.5. The lowest BCUT2D eigenvalue weighted by Gasteiger charge is -2.35. The highest BCUT2D eigenvalue weighted by atomic mass is 32.2. The predicted octanol–water partition coefficient (Wildman–Crippen LogP) is 6.39. The topological polar surface area (TPSA) is 241 Å². The van der Waals surface area contributed by atoms with Crippen LogP contribution in [0.5, 0.6) is 0 Å². The summed E-state index contributed by atoms with van der Waals surface area (Å²) in [6.07, 6.45) is -0.650. The minimum Gasteiger partial charge on any atom is -0.466 e. The summed E-state index contributed by atoms with van der Waals surface area (Å²) in [6, 6.07) is 39.5. The van der Waals surface area contributed by atoms with E-state index in [0.717, 1.165) is 54.0 Å². The molecule has 74 heavy (non-hydrogen) atoms. The number of cyclic esters (lactones) is 2. The molecule has 0 saturated carbocycles. The second-order valence-corrected chi connectivity index (χ2v) is 19.4. The van der Waals surface area contributed by atoms with Crippen molar-refractivity contribution in [3.05, 3.63) is 156 Å². The summed E-state index contributed by atoms with van der Waals surface area (Å²) in [4.78, 5) is 69.5. The van der Waals surface area contributed by atoms with Crippen LogP contribution in [0.3, 0.4) is 0 Å². The molecule has 6 aromatic rings. The molecule has 3 aliphatic heterocycles. The fraction of sp³-hybridized carbons (Fsp3) is 0.278. The Balaban J connectivity index is 0.000000202. The van der Waals surface area contributed by atoms with Gasteiger partial charge >= 0.3 is 18.2 Å². The third-order valence-electron chi connectivity index (χ3n) is 12.6. The molecule has 3 aliphatic rings. The van der Waals surface area contributed by atoms with Gasteiger partial charge in [-0.3, -0.25) is 44.1 Å². The maximum absolute atomic E-state index is 12.9. The molecule has 3 fully saturated rings. The number of carbonyl (C=O) groups excluding carboxylic acids is 5. The number of hydrogen-bond acceptors (Lipinski definition) is 15. The third-order valence-corrected chi connectivity index (χ3v) is 13.1. The van der Waals surface area contributed by atoms with Crippen LogP contribution in [-0.2, 0) is 33.3 Å². The number of nitrogens with zero attached hydrogens (tertiary/aromatic N) is 4. The Morgan fingerprint density at radius 2 is 1.07 bits per heavy atom. The number of nitrogens with one attached hydrogen (secondary N) is 4. The van der Waals surface area contributed by atoms with Crippen LogP contribution >= 0.6 is 0 Å².